The summed E-state index contributed by atoms with van der Waals surface area (Å²) in [5.41, 5.74) is 1.92. The smallest absolute Gasteiger partial charge is 0.170 e. The molecule has 0 spiro atoms. The van der Waals surface area contributed by atoms with Gasteiger partial charge in [-0.2, -0.15) is 0 Å². The van der Waals surface area contributed by atoms with Crippen molar-refractivity contribution in [3.8, 4) is 0 Å². The maximum absolute atomic E-state index is 5.37. The van der Waals surface area contributed by atoms with E-state index in [-0.39, 0.29) is 5.72 Å². The number of aliphatic imine (C=N–C) groups is 1. The molecular weight excluding hydrogens is 161 g/mol. The predicted octanol–water partition coefficient (Wildman–Crippen LogP) is 0.735. The molecule has 1 heterocycles. The SMILES string of the molecule is CC.[B]c1nccc(C(C)=NC)n1. The van der Waals surface area contributed by atoms with Crippen LogP contribution in [-0.4, -0.2) is 30.6 Å². The summed E-state index contributed by atoms with van der Waals surface area (Å²) in [5.74, 6) is 0. The summed E-state index contributed by atoms with van der Waals surface area (Å²) in [4.78, 5) is 11.7. The fourth-order valence-corrected chi connectivity index (χ4v) is 0.690. The molecule has 1 rings (SSSR count). The Morgan fingerprint density at radius 3 is 2.54 bits per heavy atom. The Morgan fingerprint density at radius 1 is 1.46 bits per heavy atom. The van der Waals surface area contributed by atoms with E-state index in [9.17, 15) is 0 Å². The second kappa shape index (κ2) is 6.34. The second-order valence-corrected chi connectivity index (χ2v) is 2.11. The van der Waals surface area contributed by atoms with Crippen LogP contribution in [-0.2, 0) is 0 Å². The van der Waals surface area contributed by atoms with Gasteiger partial charge in [0.25, 0.3) is 0 Å². The largest absolute Gasteiger partial charge is 0.291 e. The Balaban J connectivity index is 0.000000671. The highest BCUT2D eigenvalue weighted by atomic mass is 14.9. The third-order valence-corrected chi connectivity index (χ3v) is 1.38. The first-order chi connectivity index (χ1) is 6.24. The summed E-state index contributed by atoms with van der Waals surface area (Å²) >= 11 is 0. The van der Waals surface area contributed by atoms with E-state index in [2.05, 4.69) is 15.0 Å². The number of hydrogen-bond acceptors (Lipinski definition) is 3. The normalized spacial score (nSPS) is 10.3. The van der Waals surface area contributed by atoms with Crippen LogP contribution in [0.3, 0.4) is 0 Å². The van der Waals surface area contributed by atoms with Crippen molar-refractivity contribution in [1.29, 1.82) is 0 Å². The Kier molecular flexibility index (Phi) is 5.77. The van der Waals surface area contributed by atoms with Gasteiger partial charge in [-0.05, 0) is 13.0 Å². The Hall–Kier alpha value is -1.19. The van der Waals surface area contributed by atoms with Gasteiger partial charge in [-0.15, -0.1) is 0 Å². The summed E-state index contributed by atoms with van der Waals surface area (Å²) in [6, 6.07) is 1.78. The molecule has 1 aromatic heterocycles. The number of hydrogen-bond donors (Lipinski definition) is 0. The van der Waals surface area contributed by atoms with Crippen molar-refractivity contribution < 1.29 is 0 Å². The molecule has 0 atom stereocenters. The zero-order chi connectivity index (χ0) is 10.3. The van der Waals surface area contributed by atoms with E-state index in [0.29, 0.717) is 0 Å². The first-order valence-electron chi connectivity index (χ1n) is 4.26. The molecule has 0 aromatic carbocycles. The highest BCUT2D eigenvalue weighted by Gasteiger charge is 1.96. The van der Waals surface area contributed by atoms with E-state index in [0.717, 1.165) is 11.4 Å². The molecule has 13 heavy (non-hydrogen) atoms. The van der Waals surface area contributed by atoms with Crippen molar-refractivity contribution in [1.82, 2.24) is 9.97 Å². The number of aromatic nitrogens is 2. The van der Waals surface area contributed by atoms with Crippen LogP contribution in [0.5, 0.6) is 0 Å². The van der Waals surface area contributed by atoms with Gasteiger partial charge in [0.05, 0.1) is 17.1 Å². The van der Waals surface area contributed by atoms with Crippen molar-refractivity contribution in [2.24, 2.45) is 4.99 Å². The van der Waals surface area contributed by atoms with E-state index in [1.165, 1.54) is 0 Å². The third-order valence-electron chi connectivity index (χ3n) is 1.38. The van der Waals surface area contributed by atoms with E-state index in [1.54, 1.807) is 19.3 Å². The van der Waals surface area contributed by atoms with Crippen molar-refractivity contribution in [2.75, 3.05) is 7.05 Å². The minimum Gasteiger partial charge on any atom is -0.291 e. The molecule has 0 unspecified atom stereocenters. The molecule has 0 fully saturated rings. The first kappa shape index (κ1) is 11.8. The Labute approximate surface area is 80.7 Å². The fraction of sp³-hybridized carbons (Fsp3) is 0.444. The van der Waals surface area contributed by atoms with Gasteiger partial charge in [-0.25, -0.2) is 4.98 Å². The average molecular weight is 175 g/mol. The van der Waals surface area contributed by atoms with Crippen LogP contribution >= 0.6 is 0 Å². The topological polar surface area (TPSA) is 38.1 Å². The van der Waals surface area contributed by atoms with Gasteiger partial charge in [-0.1, -0.05) is 13.8 Å². The van der Waals surface area contributed by atoms with Gasteiger partial charge in [0.1, 0.15) is 0 Å². The van der Waals surface area contributed by atoms with Gasteiger partial charge in [0.2, 0.25) is 0 Å². The van der Waals surface area contributed by atoms with Gasteiger partial charge >= 0.3 is 0 Å². The molecule has 0 aliphatic carbocycles. The summed E-state index contributed by atoms with van der Waals surface area (Å²) in [6.07, 6.45) is 1.62. The van der Waals surface area contributed by atoms with Crippen LogP contribution in [0.2, 0.25) is 0 Å². The standard InChI is InChI=1S/C7H8BN3.C2H6/c1-5(9-2)6-3-4-10-7(8)11-6;1-2/h3-4H,1-2H3;1-2H3. The van der Waals surface area contributed by atoms with Crippen LogP contribution in [0.4, 0.5) is 0 Å². The summed E-state index contributed by atoms with van der Waals surface area (Å²) in [7, 11) is 7.09. The van der Waals surface area contributed by atoms with Crippen LogP contribution in [0, 0.1) is 0 Å². The van der Waals surface area contributed by atoms with E-state index >= 15 is 0 Å². The monoisotopic (exact) mass is 175 g/mol. The van der Waals surface area contributed by atoms with Gasteiger partial charge in [-0.3, -0.25) is 9.98 Å². The van der Waals surface area contributed by atoms with Crippen molar-refractivity contribution in [3.63, 3.8) is 0 Å². The Morgan fingerprint density at radius 2 is 2.08 bits per heavy atom. The molecule has 0 saturated heterocycles. The third kappa shape index (κ3) is 3.83. The lowest BCUT2D eigenvalue weighted by atomic mass is 10.1. The summed E-state index contributed by atoms with van der Waals surface area (Å²) < 4.78 is 0. The van der Waals surface area contributed by atoms with Crippen LogP contribution < -0.4 is 5.72 Å². The van der Waals surface area contributed by atoms with Crippen LogP contribution in [0.1, 0.15) is 26.5 Å². The molecular formula is C9H14BN3. The first-order valence-corrected chi connectivity index (χ1v) is 4.26. The fourth-order valence-electron chi connectivity index (χ4n) is 0.690. The number of rotatable bonds is 1. The predicted molar refractivity (Wildman–Crippen MR) is 56.9 cm³/mol. The molecule has 2 radical (unpaired) electrons. The zero-order valence-electron chi connectivity index (χ0n) is 8.57. The number of nitrogens with zero attached hydrogens (tertiary/aromatic N) is 3. The van der Waals surface area contributed by atoms with Crippen LogP contribution in [0.15, 0.2) is 17.3 Å². The van der Waals surface area contributed by atoms with Gasteiger partial charge < -0.3 is 0 Å². The minimum atomic E-state index is 0.283. The molecule has 0 bridgehead atoms. The van der Waals surface area contributed by atoms with E-state index < -0.39 is 0 Å². The van der Waals surface area contributed by atoms with Gasteiger partial charge in [0.15, 0.2) is 7.85 Å². The lowest BCUT2D eigenvalue weighted by Gasteiger charge is -1.98. The lowest BCUT2D eigenvalue weighted by Crippen LogP contribution is -2.16. The van der Waals surface area contributed by atoms with Crippen molar-refractivity contribution in [3.05, 3.63) is 18.0 Å². The lowest BCUT2D eigenvalue weighted by molar-refractivity contribution is 1.20. The average Bonchev–Trinajstić information content (AvgIpc) is 2.20. The van der Waals surface area contributed by atoms with Crippen LogP contribution in [0.25, 0.3) is 0 Å². The van der Waals surface area contributed by atoms with E-state index in [1.807, 2.05) is 20.8 Å². The molecule has 1 aromatic rings. The molecule has 0 amide bonds. The molecule has 0 aliphatic rings. The summed E-state index contributed by atoms with van der Waals surface area (Å²) in [6.45, 7) is 5.88. The maximum Gasteiger partial charge on any atom is 0.170 e. The molecule has 4 heteroatoms. The quantitative estimate of drug-likeness (QED) is 0.466. The molecule has 68 valence electrons. The minimum absolute atomic E-state index is 0.283. The molecule has 0 N–H and O–H groups in total. The van der Waals surface area contributed by atoms with E-state index in [4.69, 9.17) is 7.85 Å². The summed E-state index contributed by atoms with van der Waals surface area (Å²) in [5, 5.41) is 0. The highest BCUT2D eigenvalue weighted by molar-refractivity contribution is 6.29. The molecule has 3 nitrogen and oxygen atoms in total. The second-order valence-electron chi connectivity index (χ2n) is 2.11. The maximum atomic E-state index is 5.37. The zero-order valence-corrected chi connectivity index (χ0v) is 8.57. The molecule has 0 saturated carbocycles. The van der Waals surface area contributed by atoms with Crippen molar-refractivity contribution >= 4 is 19.3 Å². The van der Waals surface area contributed by atoms with Gasteiger partial charge in [0, 0.05) is 13.2 Å². The van der Waals surface area contributed by atoms with Crippen molar-refractivity contribution in [2.45, 2.75) is 20.8 Å². The highest BCUT2D eigenvalue weighted by Crippen LogP contribution is 1.91. The molecule has 0 aliphatic heterocycles. The Bertz CT molecular complexity index is 284.